The molecule has 3 heterocycles. The summed E-state index contributed by atoms with van der Waals surface area (Å²) >= 11 is 0. The van der Waals surface area contributed by atoms with Crippen molar-refractivity contribution >= 4 is 68.4 Å². The largest absolute Gasteiger partial charge is 0.440 e. The summed E-state index contributed by atoms with van der Waals surface area (Å²) in [5.41, 5.74) is 26.0. The van der Waals surface area contributed by atoms with Gasteiger partial charge in [0, 0.05) is 39.3 Å². The first-order valence-electron chi connectivity index (χ1n) is 28.0. The maximum absolute atomic E-state index is 7.73. The van der Waals surface area contributed by atoms with Gasteiger partial charge in [0.15, 0.2) is 0 Å². The lowest BCUT2D eigenvalue weighted by Crippen LogP contribution is -2.61. The Balaban J connectivity index is 1.18. The minimum absolute atomic E-state index is 0.0286. The molecule has 0 saturated heterocycles. The van der Waals surface area contributed by atoms with Gasteiger partial charge in [0.2, 0.25) is 5.88 Å². The first kappa shape index (κ1) is 47.3. The second-order valence-corrected chi connectivity index (χ2v) is 29.4. The highest BCUT2D eigenvalue weighted by atomic mass is 16.4. The molecule has 7 aromatic rings. The smallest absolute Gasteiger partial charge is 0.257 e. The second-order valence-electron chi connectivity index (χ2n) is 29.4. The van der Waals surface area contributed by atoms with Gasteiger partial charge in [-0.1, -0.05) is 159 Å². The lowest BCUT2D eigenvalue weighted by Gasteiger charge is -2.47. The van der Waals surface area contributed by atoms with Crippen LogP contribution in [0.2, 0.25) is 0 Å². The molecular weight excluding hydrogens is 884 g/mol. The van der Waals surface area contributed by atoms with Crippen LogP contribution in [0.15, 0.2) is 108 Å². The quantitative estimate of drug-likeness (QED) is 0.165. The molecule has 1 fully saturated rings. The average Bonchev–Trinajstić information content (AvgIpc) is 3.96. The van der Waals surface area contributed by atoms with Crippen LogP contribution in [0.25, 0.3) is 22.1 Å². The second kappa shape index (κ2) is 14.7. The van der Waals surface area contributed by atoms with E-state index in [1.54, 1.807) is 5.56 Å². The van der Waals surface area contributed by atoms with E-state index in [1.807, 2.05) is 0 Å². The van der Waals surface area contributed by atoms with E-state index in [9.17, 15) is 0 Å². The third kappa shape index (κ3) is 6.75. The molecule has 0 amide bonds. The lowest BCUT2D eigenvalue weighted by molar-refractivity contribution is 0.332. The Morgan fingerprint density at radius 1 is 0.425 bits per heavy atom. The van der Waals surface area contributed by atoms with E-state index >= 15 is 0 Å². The molecule has 6 aromatic carbocycles. The number of furan rings is 1. The number of rotatable bonds is 3. The molecule has 4 heteroatoms. The first-order valence-corrected chi connectivity index (χ1v) is 28.0. The van der Waals surface area contributed by atoms with Crippen molar-refractivity contribution in [2.75, 3.05) is 9.80 Å². The maximum Gasteiger partial charge on any atom is 0.257 e. The number of nitrogens with zero attached hydrogens (tertiary/aromatic N) is 2. The van der Waals surface area contributed by atoms with Gasteiger partial charge in [-0.2, -0.15) is 0 Å². The number of fused-ring (bicyclic) bond motifs is 13. The van der Waals surface area contributed by atoms with E-state index in [0.29, 0.717) is 0 Å². The van der Waals surface area contributed by atoms with Crippen LogP contribution in [-0.2, 0) is 43.3 Å². The molecule has 3 nitrogen and oxygen atoms in total. The summed E-state index contributed by atoms with van der Waals surface area (Å²) in [7, 11) is 0. The summed E-state index contributed by atoms with van der Waals surface area (Å²) in [6.45, 7) is 38.7. The van der Waals surface area contributed by atoms with Gasteiger partial charge in [-0.05, 0) is 209 Å². The third-order valence-electron chi connectivity index (χ3n) is 20.3. The van der Waals surface area contributed by atoms with Crippen LogP contribution in [0.1, 0.15) is 200 Å². The lowest BCUT2D eigenvalue weighted by atomic mass is 9.33. The van der Waals surface area contributed by atoms with Gasteiger partial charge in [-0.25, -0.2) is 0 Å². The van der Waals surface area contributed by atoms with Gasteiger partial charge in [0.25, 0.3) is 6.71 Å². The molecule has 4 aliphatic carbocycles. The fourth-order valence-electron chi connectivity index (χ4n) is 15.4. The van der Waals surface area contributed by atoms with Gasteiger partial charge >= 0.3 is 0 Å². The topological polar surface area (TPSA) is 19.6 Å². The highest BCUT2D eigenvalue weighted by Gasteiger charge is 2.55. The molecule has 2 bridgehead atoms. The fourth-order valence-corrected chi connectivity index (χ4v) is 15.4. The van der Waals surface area contributed by atoms with Crippen molar-refractivity contribution in [2.24, 2.45) is 0 Å². The van der Waals surface area contributed by atoms with Crippen LogP contribution in [-0.4, -0.2) is 6.71 Å². The molecule has 2 atom stereocenters. The monoisotopic (exact) mass is 963 g/mol. The van der Waals surface area contributed by atoms with Crippen LogP contribution in [0.3, 0.4) is 0 Å². The van der Waals surface area contributed by atoms with Gasteiger partial charge in [0.05, 0.1) is 0 Å². The molecule has 0 spiro atoms. The Morgan fingerprint density at radius 3 is 1.49 bits per heavy atom. The molecule has 0 N–H and O–H groups in total. The summed E-state index contributed by atoms with van der Waals surface area (Å²) in [5, 5.41) is 1.28. The van der Waals surface area contributed by atoms with E-state index in [-0.39, 0.29) is 50.0 Å². The molecule has 2 unspecified atom stereocenters. The van der Waals surface area contributed by atoms with Gasteiger partial charge < -0.3 is 9.32 Å². The Kier molecular flexibility index (Phi) is 9.50. The zero-order valence-corrected chi connectivity index (χ0v) is 47.1. The van der Waals surface area contributed by atoms with Crippen LogP contribution < -0.4 is 26.2 Å². The zero-order chi connectivity index (χ0) is 51.5. The van der Waals surface area contributed by atoms with Crippen molar-refractivity contribution in [1.82, 2.24) is 0 Å². The molecule has 73 heavy (non-hydrogen) atoms. The van der Waals surface area contributed by atoms with Crippen LogP contribution >= 0.6 is 0 Å². The highest BCUT2D eigenvalue weighted by molar-refractivity contribution is 7.01. The molecule has 6 aliphatic rings. The Bertz CT molecular complexity index is 3490. The van der Waals surface area contributed by atoms with Crippen molar-refractivity contribution in [3.8, 4) is 11.1 Å². The van der Waals surface area contributed by atoms with E-state index < -0.39 is 0 Å². The predicted molar refractivity (Wildman–Crippen MR) is 312 cm³/mol. The van der Waals surface area contributed by atoms with Gasteiger partial charge in [-0.15, -0.1) is 0 Å². The van der Waals surface area contributed by atoms with E-state index in [4.69, 9.17) is 4.42 Å². The highest BCUT2D eigenvalue weighted by Crippen LogP contribution is 2.62. The molecule has 1 aromatic heterocycles. The summed E-state index contributed by atoms with van der Waals surface area (Å²) in [6.07, 6.45) is 8.37. The Hall–Kier alpha value is -5.48. The van der Waals surface area contributed by atoms with Crippen LogP contribution in [0.5, 0.6) is 0 Å². The number of hydrogen-bond donors (Lipinski definition) is 0. The summed E-state index contributed by atoms with van der Waals surface area (Å²) in [5.74, 6) is 0.976. The fraction of sp³-hybridized carbons (Fsp3) is 0.449. The Labute approximate surface area is 438 Å². The van der Waals surface area contributed by atoms with Gasteiger partial charge in [-0.3, -0.25) is 4.90 Å². The normalized spacial score (nSPS) is 23.4. The minimum atomic E-state index is -0.0610. The summed E-state index contributed by atoms with van der Waals surface area (Å²) < 4.78 is 7.73. The predicted octanol–water partition coefficient (Wildman–Crippen LogP) is 17.2. The number of benzene rings is 6. The maximum atomic E-state index is 7.73. The van der Waals surface area contributed by atoms with Crippen molar-refractivity contribution in [3.63, 3.8) is 0 Å². The molecule has 2 aliphatic heterocycles. The Morgan fingerprint density at radius 2 is 0.918 bits per heavy atom. The van der Waals surface area contributed by atoms with Crippen molar-refractivity contribution in [3.05, 3.63) is 148 Å². The minimum Gasteiger partial charge on any atom is -0.440 e. The van der Waals surface area contributed by atoms with Crippen LogP contribution in [0.4, 0.5) is 34.3 Å². The number of anilines is 6. The standard InChI is InChI=1S/C69H79BN2O/c1-62(2,3)43-19-17-41(18-20-43)42-33-56-60-57(34-42)72(46-25-26-48-49(35-46)65(9,10)28-27-64(48,7)8)61-59(47-36-52-53(39-58(47)73-61)69(16)32-31-68(52,15)40-69)70(60)54-37-50-51(67(13,14)30-29-66(50,11)12)38-55(54)71(56)45-23-21-44(22-24-45)63(4,5)6/h17-26,33-39H,27-32,40H2,1-16H3. The van der Waals surface area contributed by atoms with Crippen molar-refractivity contribution in [2.45, 2.75) is 199 Å². The molecule has 1 saturated carbocycles. The van der Waals surface area contributed by atoms with E-state index in [1.165, 1.54) is 126 Å². The van der Waals surface area contributed by atoms with Crippen LogP contribution in [0, 0.1) is 0 Å². The van der Waals surface area contributed by atoms with E-state index in [2.05, 4.69) is 224 Å². The first-order chi connectivity index (χ1) is 34.1. The third-order valence-corrected chi connectivity index (χ3v) is 20.3. The molecule has 13 rings (SSSR count). The van der Waals surface area contributed by atoms with Crippen molar-refractivity contribution in [1.29, 1.82) is 0 Å². The average molecular weight is 963 g/mol. The molecule has 0 radical (unpaired) electrons. The van der Waals surface area contributed by atoms with E-state index in [0.717, 1.165) is 30.7 Å². The molecule has 374 valence electrons. The number of hydrogen-bond acceptors (Lipinski definition) is 3. The molecular formula is C69H79BN2O. The summed E-state index contributed by atoms with van der Waals surface area (Å²) in [4.78, 5) is 5.25. The summed E-state index contributed by atoms with van der Waals surface area (Å²) in [6, 6.07) is 42.0. The van der Waals surface area contributed by atoms with Gasteiger partial charge in [0.1, 0.15) is 5.58 Å². The SMILES string of the molecule is CC(C)(C)c1ccc(-c2cc3c4c(c2)N(c2ccc5c(c2)C(C)(C)CCC5(C)C)c2oc5cc6c(cc5c2B4c2cc4c(cc2N3c2ccc(C(C)(C)C)cc2)C(C)(C)CCC4(C)C)C2(C)CCC6(C)C2)cc1. The zero-order valence-electron chi connectivity index (χ0n) is 47.1. The van der Waals surface area contributed by atoms with Crippen molar-refractivity contribution < 1.29 is 4.42 Å².